The maximum Gasteiger partial charge on any atom is 0.0243 e. The number of rotatable bonds is 6. The van der Waals surface area contributed by atoms with Gasteiger partial charge in [0, 0.05) is 12.5 Å². The van der Waals surface area contributed by atoms with Gasteiger partial charge < -0.3 is 5.32 Å². The molecule has 1 heteroatoms. The summed E-state index contributed by atoms with van der Waals surface area (Å²) in [5.74, 6) is 6.14. The number of nitrogens with one attached hydrogen (secondary N) is 1. The lowest BCUT2D eigenvalue weighted by molar-refractivity contribution is 0.503. The van der Waals surface area contributed by atoms with Crippen LogP contribution < -0.4 is 5.32 Å². The van der Waals surface area contributed by atoms with Crippen LogP contribution in [0.1, 0.15) is 37.8 Å². The van der Waals surface area contributed by atoms with Crippen LogP contribution in [0.25, 0.3) is 0 Å². The second-order valence-electron chi connectivity index (χ2n) is 4.41. The Morgan fingerprint density at radius 3 is 2.53 bits per heavy atom. The molecule has 0 saturated heterocycles. The van der Waals surface area contributed by atoms with Gasteiger partial charge in [0.2, 0.25) is 0 Å². The minimum absolute atomic E-state index is 0.522. The summed E-state index contributed by atoms with van der Waals surface area (Å²) in [7, 11) is 0. The first kappa shape index (κ1) is 13.8. The average molecular weight is 229 g/mol. The van der Waals surface area contributed by atoms with Gasteiger partial charge in [-0.25, -0.2) is 0 Å². The van der Waals surface area contributed by atoms with Crippen LogP contribution in [-0.4, -0.2) is 12.6 Å². The van der Waals surface area contributed by atoms with E-state index in [-0.39, 0.29) is 0 Å². The van der Waals surface area contributed by atoms with E-state index in [0.717, 1.165) is 25.8 Å². The van der Waals surface area contributed by atoms with Crippen molar-refractivity contribution < 1.29 is 0 Å². The van der Waals surface area contributed by atoms with Gasteiger partial charge in [-0.05, 0) is 38.8 Å². The quantitative estimate of drug-likeness (QED) is 0.738. The molecular weight excluding hydrogens is 206 g/mol. The van der Waals surface area contributed by atoms with Crippen molar-refractivity contribution in [3.63, 3.8) is 0 Å². The third kappa shape index (κ3) is 5.56. The molecule has 1 nitrogen and oxygen atoms in total. The van der Waals surface area contributed by atoms with Gasteiger partial charge in [-0.1, -0.05) is 36.8 Å². The molecule has 0 fully saturated rings. The number of hydrogen-bond donors (Lipinski definition) is 1. The summed E-state index contributed by atoms with van der Waals surface area (Å²) in [6.07, 6.45) is 3.24. The van der Waals surface area contributed by atoms with Crippen LogP contribution >= 0.6 is 0 Å². The minimum Gasteiger partial charge on any atom is -0.313 e. The average Bonchev–Trinajstić information content (AvgIpc) is 2.35. The molecule has 1 aromatic rings. The van der Waals surface area contributed by atoms with Crippen molar-refractivity contribution in [3.05, 3.63) is 35.4 Å². The molecule has 0 heterocycles. The number of benzene rings is 1. The van der Waals surface area contributed by atoms with Gasteiger partial charge in [0.1, 0.15) is 0 Å². The fourth-order valence-corrected chi connectivity index (χ4v) is 1.89. The lowest BCUT2D eigenvalue weighted by atomic mass is 10.0. The van der Waals surface area contributed by atoms with Gasteiger partial charge in [0.25, 0.3) is 0 Å². The SMILES string of the molecule is CC#CCC(CCc1ccc(C)cc1)NCC. The molecule has 1 aromatic carbocycles. The van der Waals surface area contributed by atoms with Crippen molar-refractivity contribution in [2.24, 2.45) is 0 Å². The molecule has 1 unspecified atom stereocenters. The molecule has 0 amide bonds. The zero-order valence-electron chi connectivity index (χ0n) is 11.2. The summed E-state index contributed by atoms with van der Waals surface area (Å²) in [5, 5.41) is 3.50. The summed E-state index contributed by atoms with van der Waals surface area (Å²) in [6, 6.07) is 9.34. The van der Waals surface area contributed by atoms with Crippen molar-refractivity contribution in [2.75, 3.05) is 6.54 Å². The first-order chi connectivity index (χ1) is 8.26. The standard InChI is InChI=1S/C16H23N/c1-4-6-7-16(17-5-2)13-12-15-10-8-14(3)9-11-15/h8-11,16-17H,5,7,12-13H2,1-3H3. The Labute approximate surface area is 106 Å². The Hall–Kier alpha value is -1.26. The van der Waals surface area contributed by atoms with Gasteiger partial charge in [0.05, 0.1) is 0 Å². The van der Waals surface area contributed by atoms with E-state index in [9.17, 15) is 0 Å². The van der Waals surface area contributed by atoms with Crippen molar-refractivity contribution >= 4 is 0 Å². The molecule has 0 aromatic heterocycles. The Morgan fingerprint density at radius 1 is 1.24 bits per heavy atom. The Morgan fingerprint density at radius 2 is 1.94 bits per heavy atom. The third-order valence-electron chi connectivity index (χ3n) is 2.92. The molecule has 0 aliphatic rings. The number of aryl methyl sites for hydroxylation is 2. The second kappa shape index (κ2) is 7.92. The summed E-state index contributed by atoms with van der Waals surface area (Å²) in [5.41, 5.74) is 2.75. The molecule has 1 atom stereocenters. The summed E-state index contributed by atoms with van der Waals surface area (Å²) in [6.45, 7) is 7.20. The van der Waals surface area contributed by atoms with E-state index in [1.54, 1.807) is 0 Å². The predicted octanol–water partition coefficient (Wildman–Crippen LogP) is 3.32. The normalized spacial score (nSPS) is 11.7. The van der Waals surface area contributed by atoms with Gasteiger partial charge in [0.15, 0.2) is 0 Å². The lowest BCUT2D eigenvalue weighted by Gasteiger charge is -2.15. The van der Waals surface area contributed by atoms with E-state index in [0.29, 0.717) is 6.04 Å². The van der Waals surface area contributed by atoms with Gasteiger partial charge in [-0.15, -0.1) is 11.8 Å². The largest absolute Gasteiger partial charge is 0.313 e. The first-order valence-electron chi connectivity index (χ1n) is 6.44. The minimum atomic E-state index is 0.522. The van der Waals surface area contributed by atoms with E-state index in [1.807, 2.05) is 6.92 Å². The van der Waals surface area contributed by atoms with E-state index in [4.69, 9.17) is 0 Å². The maximum atomic E-state index is 3.50. The van der Waals surface area contributed by atoms with Crippen molar-refractivity contribution in [1.29, 1.82) is 0 Å². The lowest BCUT2D eigenvalue weighted by Crippen LogP contribution is -2.28. The molecule has 17 heavy (non-hydrogen) atoms. The van der Waals surface area contributed by atoms with Gasteiger partial charge in [-0.2, -0.15) is 0 Å². The topological polar surface area (TPSA) is 12.0 Å². The van der Waals surface area contributed by atoms with Crippen molar-refractivity contribution in [3.8, 4) is 11.8 Å². The zero-order valence-corrected chi connectivity index (χ0v) is 11.2. The third-order valence-corrected chi connectivity index (χ3v) is 2.92. The molecule has 0 bridgehead atoms. The maximum absolute atomic E-state index is 3.50. The van der Waals surface area contributed by atoms with Crippen LogP contribution in [0, 0.1) is 18.8 Å². The van der Waals surface area contributed by atoms with Crippen LogP contribution in [0.2, 0.25) is 0 Å². The Balaban J connectivity index is 2.44. The highest BCUT2D eigenvalue weighted by Crippen LogP contribution is 2.08. The summed E-state index contributed by atoms with van der Waals surface area (Å²) in [4.78, 5) is 0. The predicted molar refractivity (Wildman–Crippen MR) is 75.0 cm³/mol. The summed E-state index contributed by atoms with van der Waals surface area (Å²) < 4.78 is 0. The van der Waals surface area contributed by atoms with Crippen LogP contribution in [0.15, 0.2) is 24.3 Å². The van der Waals surface area contributed by atoms with Gasteiger partial charge >= 0.3 is 0 Å². The van der Waals surface area contributed by atoms with E-state index < -0.39 is 0 Å². The smallest absolute Gasteiger partial charge is 0.0243 e. The molecule has 1 rings (SSSR count). The van der Waals surface area contributed by atoms with E-state index >= 15 is 0 Å². The fourth-order valence-electron chi connectivity index (χ4n) is 1.89. The van der Waals surface area contributed by atoms with Crippen LogP contribution in [0.4, 0.5) is 0 Å². The summed E-state index contributed by atoms with van der Waals surface area (Å²) >= 11 is 0. The molecule has 0 aliphatic carbocycles. The molecule has 0 aliphatic heterocycles. The van der Waals surface area contributed by atoms with Crippen LogP contribution in [0.3, 0.4) is 0 Å². The highest BCUT2D eigenvalue weighted by Gasteiger charge is 2.05. The Kier molecular flexibility index (Phi) is 6.43. The first-order valence-corrected chi connectivity index (χ1v) is 6.44. The monoisotopic (exact) mass is 229 g/mol. The highest BCUT2D eigenvalue weighted by molar-refractivity contribution is 5.21. The molecule has 0 spiro atoms. The fraction of sp³-hybridized carbons (Fsp3) is 0.500. The molecule has 1 N–H and O–H groups in total. The molecular formula is C16H23N. The molecule has 0 radical (unpaired) electrons. The second-order valence-corrected chi connectivity index (χ2v) is 4.41. The van der Waals surface area contributed by atoms with Crippen molar-refractivity contribution in [2.45, 2.75) is 46.1 Å². The van der Waals surface area contributed by atoms with Gasteiger partial charge in [-0.3, -0.25) is 0 Å². The number of hydrogen-bond acceptors (Lipinski definition) is 1. The zero-order chi connectivity index (χ0) is 12.5. The van der Waals surface area contributed by atoms with E-state index in [1.165, 1.54) is 11.1 Å². The Bertz CT molecular complexity index is 367. The molecule has 0 saturated carbocycles. The van der Waals surface area contributed by atoms with Crippen LogP contribution in [-0.2, 0) is 6.42 Å². The molecule has 92 valence electrons. The van der Waals surface area contributed by atoms with E-state index in [2.05, 4.69) is 55.3 Å². The highest BCUT2D eigenvalue weighted by atomic mass is 14.9. The van der Waals surface area contributed by atoms with Crippen LogP contribution in [0.5, 0.6) is 0 Å². The van der Waals surface area contributed by atoms with Crippen molar-refractivity contribution in [1.82, 2.24) is 5.32 Å².